The summed E-state index contributed by atoms with van der Waals surface area (Å²) in [5.74, 6) is 3.36. The SMILES string of the molecule is C[C@@H](NC(=O)N1C(=O)[C@@]2(c3cc(C#CCn4nnc5ccccc54)ccc31)[C@H](C(=O)Nc1ccc(N3CCOCC3)cc1)[C@H]1C(=O)O[C@H](c3ccccc3)[C@H](c3ccccc3)N1[C@@H]2c1ccc(OCCO)cc1)c1ccccc1. The average molecular weight is 1050 g/mol. The van der Waals surface area contributed by atoms with Crippen molar-refractivity contribution >= 4 is 51.9 Å². The molecule has 5 heterocycles. The summed E-state index contributed by atoms with van der Waals surface area (Å²) in [6, 6.07) is 51.2. The minimum absolute atomic E-state index is 0.0333. The number of imide groups is 1. The van der Waals surface area contributed by atoms with Crippen LogP contribution in [0.2, 0.25) is 0 Å². The van der Waals surface area contributed by atoms with E-state index in [1.807, 2.05) is 163 Å². The van der Waals surface area contributed by atoms with Crippen molar-refractivity contribution < 1.29 is 38.5 Å². The van der Waals surface area contributed by atoms with Crippen molar-refractivity contribution in [3.05, 3.63) is 215 Å². The zero-order valence-corrected chi connectivity index (χ0v) is 43.2. The number of nitrogens with one attached hydrogen (secondary N) is 2. The fraction of sp³-hybridized carbons (Fsp3) is 0.238. The highest BCUT2D eigenvalue weighted by atomic mass is 16.6. The maximum atomic E-state index is 17.0. The molecule has 3 N–H and O–H groups in total. The predicted molar refractivity (Wildman–Crippen MR) is 297 cm³/mol. The zero-order chi connectivity index (χ0) is 54.0. The number of carbonyl (C=O) groups is 4. The highest BCUT2D eigenvalue weighted by Gasteiger charge is 2.75. The molecular weight excluding hydrogens is 997 g/mol. The summed E-state index contributed by atoms with van der Waals surface area (Å²) in [6.07, 6.45) is -0.930. The summed E-state index contributed by atoms with van der Waals surface area (Å²) < 4.78 is 19.9. The lowest BCUT2D eigenvalue weighted by molar-refractivity contribution is -0.177. The summed E-state index contributed by atoms with van der Waals surface area (Å²) >= 11 is 0. The van der Waals surface area contributed by atoms with Crippen LogP contribution in [-0.2, 0) is 35.8 Å². The van der Waals surface area contributed by atoms with Gasteiger partial charge in [-0.1, -0.05) is 132 Å². The van der Waals surface area contributed by atoms with E-state index in [4.69, 9.17) is 14.2 Å². The van der Waals surface area contributed by atoms with Gasteiger partial charge in [0.25, 0.3) is 0 Å². The van der Waals surface area contributed by atoms with Crippen LogP contribution < -0.4 is 25.2 Å². The van der Waals surface area contributed by atoms with Crippen molar-refractivity contribution in [2.75, 3.05) is 54.6 Å². The monoisotopic (exact) mass is 1050 g/mol. The molecule has 3 fully saturated rings. The second-order valence-electron chi connectivity index (χ2n) is 20.0. The molecule has 1 aromatic heterocycles. The molecule has 12 rings (SSSR count). The van der Waals surface area contributed by atoms with Gasteiger partial charge in [0.15, 0.2) is 0 Å². The molecule has 0 bridgehead atoms. The van der Waals surface area contributed by atoms with E-state index in [0.29, 0.717) is 60.0 Å². The standard InChI is InChI=1S/C63H56N8O8/c1-41(43-15-5-2-6-16-43)64-62(76)70-52-32-23-42(14-13-33-69-53-22-12-11-21-51(53)66-67-69)40-50(52)63(61(70)75)54(59(73)65-47-26-28-48(29-27-47)68-34-37-77-38-35-68)56-60(74)79-57(45-19-9-4-10-20-45)55(44-17-7-3-8-18-44)71(56)58(63)46-24-30-49(31-25-46)78-39-36-72/h2-12,15-32,40-41,54-58,72H,33-39H2,1H3,(H,64,76)(H,65,73)/t41-,54+,55+,56+,57-,58-,63+/m1/s1. The first kappa shape index (κ1) is 50.7. The lowest BCUT2D eigenvalue weighted by Crippen LogP contribution is -2.55. The van der Waals surface area contributed by atoms with Crippen LogP contribution in [-0.4, -0.2) is 94.4 Å². The van der Waals surface area contributed by atoms with Gasteiger partial charge in [-0.3, -0.25) is 19.3 Å². The van der Waals surface area contributed by atoms with Crippen molar-refractivity contribution in [1.29, 1.82) is 0 Å². The number of urea groups is 1. The summed E-state index contributed by atoms with van der Waals surface area (Å²) in [7, 11) is 0. The number of hydrogen-bond acceptors (Lipinski definition) is 12. The topological polar surface area (TPSA) is 181 Å². The Balaban J connectivity index is 1.09. The number of morpholine rings is 2. The number of cyclic esters (lactones) is 1. The molecule has 0 radical (unpaired) electrons. The van der Waals surface area contributed by atoms with Gasteiger partial charge in [0.05, 0.1) is 55.1 Å². The number of para-hydroxylation sites is 1. The van der Waals surface area contributed by atoms with Crippen LogP contribution in [0.4, 0.5) is 21.9 Å². The van der Waals surface area contributed by atoms with Crippen molar-refractivity contribution in [3.8, 4) is 17.6 Å². The molecule has 0 aliphatic carbocycles. The molecule has 16 nitrogen and oxygen atoms in total. The van der Waals surface area contributed by atoms with E-state index in [1.165, 1.54) is 0 Å². The number of hydrogen-bond donors (Lipinski definition) is 3. The molecule has 4 aliphatic rings. The largest absolute Gasteiger partial charge is 0.491 e. The maximum Gasteiger partial charge on any atom is 0.329 e. The number of benzene rings is 7. The van der Waals surface area contributed by atoms with Crippen molar-refractivity contribution in [1.82, 2.24) is 25.2 Å². The average Bonchev–Trinajstić information content (AvgIpc) is 2.65. The van der Waals surface area contributed by atoms with Crippen LogP contribution in [0, 0.1) is 17.8 Å². The fourth-order valence-electron chi connectivity index (χ4n) is 12.0. The zero-order valence-electron chi connectivity index (χ0n) is 43.2. The number of nitrogens with zero attached hydrogens (tertiary/aromatic N) is 6. The van der Waals surface area contributed by atoms with Crippen molar-refractivity contribution in [3.63, 3.8) is 0 Å². The predicted octanol–water partition coefficient (Wildman–Crippen LogP) is 8.47. The van der Waals surface area contributed by atoms with E-state index in [0.717, 1.165) is 32.7 Å². The van der Waals surface area contributed by atoms with Crippen LogP contribution in [0.25, 0.3) is 11.0 Å². The van der Waals surface area contributed by atoms with Crippen LogP contribution in [0.3, 0.4) is 0 Å². The normalized spacial score (nSPS) is 21.9. The van der Waals surface area contributed by atoms with Crippen LogP contribution >= 0.6 is 0 Å². The van der Waals surface area contributed by atoms with Crippen LogP contribution in [0.1, 0.15) is 64.5 Å². The summed E-state index contributed by atoms with van der Waals surface area (Å²) in [5, 5.41) is 24.6. The Kier molecular flexibility index (Phi) is 13.9. The van der Waals surface area contributed by atoms with Crippen LogP contribution in [0.5, 0.6) is 5.75 Å². The molecule has 8 aromatic rings. The van der Waals surface area contributed by atoms with E-state index in [2.05, 4.69) is 37.7 Å². The van der Waals surface area contributed by atoms with E-state index in [-0.39, 0.29) is 25.4 Å². The van der Waals surface area contributed by atoms with Gasteiger partial charge < -0.3 is 34.9 Å². The number of ether oxygens (including phenoxy) is 3. The van der Waals surface area contributed by atoms with E-state index < -0.39 is 65.4 Å². The number of amides is 4. The quantitative estimate of drug-likeness (QED) is 0.0786. The second-order valence-corrected chi connectivity index (χ2v) is 20.0. The third kappa shape index (κ3) is 9.31. The molecule has 0 unspecified atom stereocenters. The maximum absolute atomic E-state index is 17.0. The van der Waals surface area contributed by atoms with Gasteiger partial charge in [-0.05, 0) is 101 Å². The van der Waals surface area contributed by atoms with Gasteiger partial charge in [-0.2, -0.15) is 0 Å². The number of anilines is 3. The third-order valence-corrected chi connectivity index (χ3v) is 15.5. The second kappa shape index (κ2) is 21.7. The Morgan fingerprint density at radius 2 is 1.47 bits per heavy atom. The van der Waals surface area contributed by atoms with Gasteiger partial charge >= 0.3 is 12.0 Å². The van der Waals surface area contributed by atoms with Gasteiger partial charge in [0, 0.05) is 30.0 Å². The lowest BCUT2D eigenvalue weighted by Gasteiger charge is -2.46. The minimum atomic E-state index is -2.06. The molecule has 16 heteroatoms. The third-order valence-electron chi connectivity index (χ3n) is 15.5. The number of carbonyl (C=O) groups excluding carboxylic acids is 4. The van der Waals surface area contributed by atoms with Gasteiger partial charge in [0.1, 0.15) is 42.0 Å². The molecule has 4 aliphatic heterocycles. The number of rotatable bonds is 12. The van der Waals surface area contributed by atoms with Crippen molar-refractivity contribution in [2.45, 2.75) is 49.2 Å². The molecular formula is C63H56N8O8. The van der Waals surface area contributed by atoms with Gasteiger partial charge in [0.2, 0.25) is 11.8 Å². The van der Waals surface area contributed by atoms with Crippen LogP contribution in [0.15, 0.2) is 182 Å². The van der Waals surface area contributed by atoms with E-state index >= 15 is 19.2 Å². The Morgan fingerprint density at radius 3 is 2.19 bits per heavy atom. The summed E-state index contributed by atoms with van der Waals surface area (Å²) in [6.45, 7) is 4.42. The number of aliphatic hydroxyl groups is 1. The number of fused-ring (bicyclic) bond motifs is 4. The van der Waals surface area contributed by atoms with Crippen molar-refractivity contribution in [2.24, 2.45) is 5.92 Å². The molecule has 7 atom stereocenters. The summed E-state index contributed by atoms with van der Waals surface area (Å²) in [5.41, 5.74) is 4.67. The first-order valence-electron chi connectivity index (χ1n) is 26.5. The Labute approximate surface area is 456 Å². The summed E-state index contributed by atoms with van der Waals surface area (Å²) in [4.78, 5) is 69.6. The van der Waals surface area contributed by atoms with Gasteiger partial charge in [-0.15, -0.1) is 5.10 Å². The lowest BCUT2D eigenvalue weighted by atomic mass is 9.65. The molecule has 3 saturated heterocycles. The number of esters is 1. The number of aromatic nitrogens is 3. The fourth-order valence-corrected chi connectivity index (χ4v) is 12.0. The van der Waals surface area contributed by atoms with E-state index in [9.17, 15) is 5.11 Å². The Bertz CT molecular complexity index is 3600. The molecule has 79 heavy (non-hydrogen) atoms. The molecule has 396 valence electrons. The smallest absolute Gasteiger partial charge is 0.329 e. The first-order chi connectivity index (χ1) is 38.7. The molecule has 4 amide bonds. The molecule has 0 saturated carbocycles. The number of aliphatic hydroxyl groups excluding tert-OH is 1. The van der Waals surface area contributed by atoms with Gasteiger partial charge in [-0.25, -0.2) is 14.4 Å². The Morgan fingerprint density at radius 1 is 0.785 bits per heavy atom. The first-order valence-corrected chi connectivity index (χ1v) is 26.5. The highest BCUT2D eigenvalue weighted by Crippen LogP contribution is 2.66. The Hall–Kier alpha value is -9.14. The van der Waals surface area contributed by atoms with E-state index in [1.54, 1.807) is 35.0 Å². The minimum Gasteiger partial charge on any atom is -0.491 e. The highest BCUT2D eigenvalue weighted by molar-refractivity contribution is 6.25. The molecule has 1 spiro atoms. The molecule has 7 aromatic carbocycles.